The maximum Gasteiger partial charge on any atom is 0.316 e. The number of hydrogen-bond donors (Lipinski definition) is 4. The zero-order valence-corrected chi connectivity index (χ0v) is 14.0. The Morgan fingerprint density at radius 1 is 1.29 bits per heavy atom. The number of ether oxygens (including phenoxy) is 1. The molecular formula is C14H15ClN4O4S. The van der Waals surface area contributed by atoms with Gasteiger partial charge in [0.05, 0.1) is 4.70 Å². The summed E-state index contributed by atoms with van der Waals surface area (Å²) in [4.78, 5) is 22.7. The summed E-state index contributed by atoms with van der Waals surface area (Å²) < 4.78 is 12.5. The summed E-state index contributed by atoms with van der Waals surface area (Å²) >= 11 is 1.33. The smallest absolute Gasteiger partial charge is 0.316 e. The molecule has 3 rings (SSSR count). The van der Waals surface area contributed by atoms with E-state index in [1.165, 1.54) is 11.3 Å². The Labute approximate surface area is 146 Å². The van der Waals surface area contributed by atoms with Gasteiger partial charge in [0.15, 0.2) is 5.58 Å². The Morgan fingerprint density at radius 2 is 2.04 bits per heavy atom. The van der Waals surface area contributed by atoms with Crippen molar-refractivity contribution in [2.45, 2.75) is 0 Å². The summed E-state index contributed by atoms with van der Waals surface area (Å²) in [6.07, 6.45) is 0. The van der Waals surface area contributed by atoms with Crippen molar-refractivity contribution in [3.63, 3.8) is 0 Å². The molecule has 0 bridgehead atoms. The third-order valence-corrected chi connectivity index (χ3v) is 4.28. The van der Waals surface area contributed by atoms with Gasteiger partial charge < -0.3 is 31.7 Å². The molecule has 0 unspecified atom stereocenters. The van der Waals surface area contributed by atoms with E-state index in [1.807, 2.05) is 12.1 Å². The Balaban J connectivity index is 0.00000208. The number of hydrogen-bond acceptors (Lipinski definition) is 6. The first kappa shape index (κ1) is 17.9. The van der Waals surface area contributed by atoms with Crippen molar-refractivity contribution in [3.8, 4) is 5.75 Å². The number of benzene rings is 1. The van der Waals surface area contributed by atoms with Gasteiger partial charge in [-0.3, -0.25) is 4.79 Å². The predicted octanol–water partition coefficient (Wildman–Crippen LogP) is 2.00. The number of nitrogens with two attached hydrogens (primary N) is 3. The number of carbonyl (C=O) groups is 2. The molecule has 1 aromatic carbocycles. The lowest BCUT2D eigenvalue weighted by Crippen LogP contribution is -2.21. The molecule has 0 aliphatic carbocycles. The number of rotatable bonds is 5. The van der Waals surface area contributed by atoms with Crippen molar-refractivity contribution < 1.29 is 18.7 Å². The molecule has 7 N–H and O–H groups in total. The van der Waals surface area contributed by atoms with Gasteiger partial charge in [0, 0.05) is 16.6 Å². The molecule has 0 radical (unpaired) electrons. The molecule has 0 fully saturated rings. The van der Waals surface area contributed by atoms with E-state index in [0.29, 0.717) is 29.2 Å². The van der Waals surface area contributed by atoms with Gasteiger partial charge in [-0.2, -0.15) is 0 Å². The van der Waals surface area contributed by atoms with Crippen LogP contribution in [0.5, 0.6) is 5.75 Å². The molecule has 2 heterocycles. The van der Waals surface area contributed by atoms with E-state index in [1.54, 1.807) is 6.07 Å². The number of amides is 3. The van der Waals surface area contributed by atoms with E-state index in [2.05, 4.69) is 5.32 Å². The van der Waals surface area contributed by atoms with Crippen molar-refractivity contribution >= 4 is 61.7 Å². The topological polar surface area (TPSA) is 147 Å². The lowest BCUT2D eigenvalue weighted by Gasteiger charge is -2.03. The molecule has 0 spiro atoms. The van der Waals surface area contributed by atoms with Crippen LogP contribution >= 0.6 is 23.7 Å². The number of furan rings is 1. The first-order valence-corrected chi connectivity index (χ1v) is 7.51. The average Bonchev–Trinajstić information content (AvgIpc) is 3.01. The van der Waals surface area contributed by atoms with Crippen LogP contribution in [0, 0.1) is 0 Å². The second kappa shape index (κ2) is 6.95. The van der Waals surface area contributed by atoms with E-state index in [-0.39, 0.29) is 23.9 Å². The van der Waals surface area contributed by atoms with Crippen LogP contribution in [0.15, 0.2) is 22.6 Å². The molecule has 0 atom stereocenters. The molecule has 128 valence electrons. The van der Waals surface area contributed by atoms with E-state index < -0.39 is 11.9 Å². The van der Waals surface area contributed by atoms with Crippen LogP contribution in [0.4, 0.5) is 10.5 Å². The summed E-state index contributed by atoms with van der Waals surface area (Å²) in [5.74, 6) is -0.241. The van der Waals surface area contributed by atoms with Gasteiger partial charge in [-0.05, 0) is 18.2 Å². The fourth-order valence-corrected chi connectivity index (χ4v) is 3.41. The van der Waals surface area contributed by atoms with Crippen LogP contribution in [0.1, 0.15) is 10.6 Å². The van der Waals surface area contributed by atoms with Crippen molar-refractivity contribution in [1.29, 1.82) is 0 Å². The molecule has 8 nitrogen and oxygen atoms in total. The number of carbonyl (C=O) groups excluding carboxylic acids is 2. The number of fused-ring (bicyclic) bond motifs is 3. The lowest BCUT2D eigenvalue weighted by molar-refractivity contribution is 0.0977. The minimum absolute atomic E-state index is 0. The number of anilines is 1. The monoisotopic (exact) mass is 370 g/mol. The number of urea groups is 1. The van der Waals surface area contributed by atoms with Gasteiger partial charge in [-0.15, -0.1) is 23.7 Å². The third-order valence-electron chi connectivity index (χ3n) is 3.13. The molecular weight excluding hydrogens is 356 g/mol. The van der Waals surface area contributed by atoms with Crippen molar-refractivity contribution in [1.82, 2.24) is 0 Å². The summed E-state index contributed by atoms with van der Waals surface area (Å²) in [7, 11) is 0. The van der Waals surface area contributed by atoms with Crippen LogP contribution in [-0.4, -0.2) is 25.1 Å². The van der Waals surface area contributed by atoms with Crippen molar-refractivity contribution in [2.24, 2.45) is 17.2 Å². The molecule has 0 aliphatic rings. The number of primary amides is 2. The van der Waals surface area contributed by atoms with Gasteiger partial charge in [-0.25, -0.2) is 4.79 Å². The van der Waals surface area contributed by atoms with Crippen LogP contribution in [0.3, 0.4) is 0 Å². The molecule has 10 heteroatoms. The SMILES string of the molecule is Cl.NCCOc1ccc2c(c1)sc1c(NC(N)=O)c(C(N)=O)oc12. The maximum atomic E-state index is 11.5. The zero-order valence-electron chi connectivity index (χ0n) is 12.3. The van der Waals surface area contributed by atoms with Crippen molar-refractivity contribution in [3.05, 3.63) is 24.0 Å². The van der Waals surface area contributed by atoms with E-state index in [0.717, 1.165) is 10.1 Å². The van der Waals surface area contributed by atoms with E-state index in [9.17, 15) is 9.59 Å². The first-order valence-electron chi connectivity index (χ1n) is 6.69. The van der Waals surface area contributed by atoms with Gasteiger partial charge in [0.2, 0.25) is 5.76 Å². The highest BCUT2D eigenvalue weighted by Crippen LogP contribution is 2.43. The minimum atomic E-state index is -0.806. The highest BCUT2D eigenvalue weighted by Gasteiger charge is 2.23. The normalized spacial score (nSPS) is 10.5. The second-order valence-corrected chi connectivity index (χ2v) is 5.77. The van der Waals surface area contributed by atoms with E-state index >= 15 is 0 Å². The third kappa shape index (κ3) is 3.09. The molecule has 0 saturated carbocycles. The van der Waals surface area contributed by atoms with Gasteiger partial charge in [0.1, 0.15) is 18.0 Å². The quantitative estimate of drug-likeness (QED) is 0.542. The summed E-state index contributed by atoms with van der Waals surface area (Å²) in [5, 5.41) is 3.18. The molecule has 0 aliphatic heterocycles. The number of thiophene rings is 1. The highest BCUT2D eigenvalue weighted by atomic mass is 35.5. The molecule has 3 amide bonds. The Morgan fingerprint density at radius 3 is 2.67 bits per heavy atom. The van der Waals surface area contributed by atoms with Crippen LogP contribution in [0.25, 0.3) is 20.4 Å². The number of halogens is 1. The molecule has 3 aromatic rings. The van der Waals surface area contributed by atoms with Gasteiger partial charge >= 0.3 is 6.03 Å². The Kier molecular flexibility index (Phi) is 5.17. The van der Waals surface area contributed by atoms with Crippen LogP contribution < -0.4 is 27.3 Å². The first-order chi connectivity index (χ1) is 11.0. The standard InChI is InChI=1S/C14H14N4O4S.ClH/c15-3-4-21-6-1-2-7-8(5-6)23-12-9(18-14(17)20)11(13(16)19)22-10(7)12;/h1-2,5H,3-4,15H2,(H2,16,19)(H3,17,18,20);1H. The fourth-order valence-electron chi connectivity index (χ4n) is 2.25. The summed E-state index contributed by atoms with van der Waals surface area (Å²) in [6, 6.07) is 4.61. The van der Waals surface area contributed by atoms with Crippen LogP contribution in [-0.2, 0) is 0 Å². The van der Waals surface area contributed by atoms with Crippen molar-refractivity contribution in [2.75, 3.05) is 18.5 Å². The zero-order chi connectivity index (χ0) is 16.6. The predicted molar refractivity (Wildman–Crippen MR) is 95.1 cm³/mol. The largest absolute Gasteiger partial charge is 0.492 e. The average molecular weight is 371 g/mol. The highest BCUT2D eigenvalue weighted by molar-refractivity contribution is 7.26. The fraction of sp³-hybridized carbons (Fsp3) is 0.143. The molecule has 0 saturated heterocycles. The molecule has 2 aromatic heterocycles. The van der Waals surface area contributed by atoms with Gasteiger partial charge in [-0.1, -0.05) is 0 Å². The summed E-state index contributed by atoms with van der Waals surface area (Å²) in [5.41, 5.74) is 16.5. The van der Waals surface area contributed by atoms with Crippen LogP contribution in [0.2, 0.25) is 0 Å². The Bertz CT molecular complexity index is 920. The Hall–Kier alpha value is -2.49. The molecule has 24 heavy (non-hydrogen) atoms. The minimum Gasteiger partial charge on any atom is -0.492 e. The number of nitrogens with one attached hydrogen (secondary N) is 1. The second-order valence-electron chi connectivity index (χ2n) is 4.72. The lowest BCUT2D eigenvalue weighted by atomic mass is 10.2. The maximum absolute atomic E-state index is 11.5. The van der Waals surface area contributed by atoms with E-state index in [4.69, 9.17) is 26.4 Å². The van der Waals surface area contributed by atoms with Gasteiger partial charge in [0.25, 0.3) is 5.91 Å². The summed E-state index contributed by atoms with van der Waals surface area (Å²) in [6.45, 7) is 0.826.